The molecule has 1 aromatic carbocycles. The molecular weight excluding hydrogens is 356 g/mol. The van der Waals surface area contributed by atoms with Gasteiger partial charge < -0.3 is 0 Å². The van der Waals surface area contributed by atoms with Crippen LogP contribution in [0.3, 0.4) is 0 Å². The number of aromatic nitrogens is 5. The molecular formula is C18H15F2N5S. The van der Waals surface area contributed by atoms with E-state index < -0.39 is 11.6 Å². The van der Waals surface area contributed by atoms with Crippen molar-refractivity contribution < 1.29 is 8.78 Å². The minimum atomic E-state index is -0.679. The highest BCUT2D eigenvalue weighted by Crippen LogP contribution is 2.34. The van der Waals surface area contributed by atoms with E-state index in [-0.39, 0.29) is 11.5 Å². The largest absolute Gasteiger partial charge is 0.236 e. The standard InChI is InChI=1S/C18H15F2N5S/c1-9(2)18-21-10(3)15-7-6-14(23-25(15)18)17-16(22-24-26-17)12-5-4-11(19)8-13(12)20/h4-9H,1-3H3. The van der Waals surface area contributed by atoms with E-state index in [2.05, 4.69) is 33.5 Å². The van der Waals surface area contributed by atoms with E-state index in [9.17, 15) is 8.78 Å². The second kappa shape index (κ2) is 6.21. The van der Waals surface area contributed by atoms with Gasteiger partial charge in [-0.3, -0.25) is 0 Å². The molecule has 0 spiro atoms. The lowest BCUT2D eigenvalue weighted by Crippen LogP contribution is -2.02. The molecule has 0 saturated carbocycles. The number of benzene rings is 1. The van der Waals surface area contributed by atoms with Crippen molar-refractivity contribution in [1.82, 2.24) is 24.2 Å². The molecule has 0 amide bonds. The van der Waals surface area contributed by atoms with Crippen LogP contribution in [-0.2, 0) is 0 Å². The van der Waals surface area contributed by atoms with Gasteiger partial charge >= 0.3 is 0 Å². The third kappa shape index (κ3) is 2.66. The SMILES string of the molecule is Cc1nc(C(C)C)n2nc(-c3snnc3-c3ccc(F)cc3F)ccc12. The summed E-state index contributed by atoms with van der Waals surface area (Å²) in [4.78, 5) is 5.21. The Morgan fingerprint density at radius 3 is 2.65 bits per heavy atom. The molecule has 0 saturated heterocycles. The summed E-state index contributed by atoms with van der Waals surface area (Å²) in [5, 5.41) is 8.72. The van der Waals surface area contributed by atoms with Crippen LogP contribution in [-0.4, -0.2) is 24.2 Å². The second-order valence-electron chi connectivity index (χ2n) is 6.30. The predicted molar refractivity (Wildman–Crippen MR) is 96.1 cm³/mol. The van der Waals surface area contributed by atoms with Gasteiger partial charge in [0.2, 0.25) is 0 Å². The molecule has 4 rings (SSSR count). The van der Waals surface area contributed by atoms with E-state index in [0.717, 1.165) is 34.6 Å². The van der Waals surface area contributed by atoms with Gasteiger partial charge in [0, 0.05) is 17.5 Å². The number of imidazole rings is 1. The Morgan fingerprint density at radius 2 is 1.92 bits per heavy atom. The van der Waals surface area contributed by atoms with Crippen LogP contribution in [0.25, 0.3) is 27.3 Å². The fourth-order valence-corrected chi connectivity index (χ4v) is 3.50. The van der Waals surface area contributed by atoms with Crippen molar-refractivity contribution in [2.75, 3.05) is 0 Å². The molecule has 0 aliphatic heterocycles. The topological polar surface area (TPSA) is 56.0 Å². The van der Waals surface area contributed by atoms with Gasteiger partial charge in [-0.05, 0) is 42.7 Å². The monoisotopic (exact) mass is 371 g/mol. The van der Waals surface area contributed by atoms with E-state index in [1.54, 1.807) is 4.52 Å². The molecule has 132 valence electrons. The van der Waals surface area contributed by atoms with Crippen LogP contribution < -0.4 is 0 Å². The molecule has 8 heteroatoms. The summed E-state index contributed by atoms with van der Waals surface area (Å²) in [5.41, 5.74) is 2.99. The van der Waals surface area contributed by atoms with E-state index in [1.807, 2.05) is 19.1 Å². The zero-order chi connectivity index (χ0) is 18.4. The van der Waals surface area contributed by atoms with Crippen molar-refractivity contribution in [1.29, 1.82) is 0 Å². The lowest BCUT2D eigenvalue weighted by Gasteiger charge is -2.06. The molecule has 5 nitrogen and oxygen atoms in total. The Hall–Kier alpha value is -2.74. The van der Waals surface area contributed by atoms with Crippen LogP contribution in [0, 0.1) is 18.6 Å². The van der Waals surface area contributed by atoms with Gasteiger partial charge in [-0.15, -0.1) is 5.10 Å². The van der Waals surface area contributed by atoms with E-state index in [4.69, 9.17) is 0 Å². The first-order valence-corrected chi connectivity index (χ1v) is 8.87. The average molecular weight is 371 g/mol. The first-order valence-electron chi connectivity index (χ1n) is 8.10. The fourth-order valence-electron chi connectivity index (χ4n) is 2.86. The lowest BCUT2D eigenvalue weighted by molar-refractivity contribution is 0.585. The van der Waals surface area contributed by atoms with Gasteiger partial charge in [-0.25, -0.2) is 18.3 Å². The molecule has 3 aromatic heterocycles. The molecule has 4 aromatic rings. The summed E-state index contributed by atoms with van der Waals surface area (Å²) in [7, 11) is 0. The molecule has 26 heavy (non-hydrogen) atoms. The second-order valence-corrected chi connectivity index (χ2v) is 7.05. The molecule has 0 bridgehead atoms. The number of rotatable bonds is 3. The summed E-state index contributed by atoms with van der Waals surface area (Å²) >= 11 is 1.12. The third-order valence-corrected chi connectivity index (χ3v) is 4.88. The van der Waals surface area contributed by atoms with Crippen LogP contribution in [0.4, 0.5) is 8.78 Å². The Kier molecular flexibility index (Phi) is 3.99. The highest BCUT2D eigenvalue weighted by Gasteiger charge is 2.19. The van der Waals surface area contributed by atoms with Gasteiger partial charge in [0.1, 0.15) is 33.7 Å². The normalized spacial score (nSPS) is 11.6. The van der Waals surface area contributed by atoms with Crippen molar-refractivity contribution in [3.05, 3.63) is 53.5 Å². The van der Waals surface area contributed by atoms with Crippen molar-refractivity contribution in [3.63, 3.8) is 0 Å². The highest BCUT2D eigenvalue weighted by molar-refractivity contribution is 7.09. The zero-order valence-corrected chi connectivity index (χ0v) is 15.2. The van der Waals surface area contributed by atoms with Crippen LogP contribution in [0.2, 0.25) is 0 Å². The Bertz CT molecular complexity index is 1120. The van der Waals surface area contributed by atoms with Crippen LogP contribution in [0.1, 0.15) is 31.3 Å². The third-order valence-electron chi connectivity index (χ3n) is 4.13. The first kappa shape index (κ1) is 16.7. The summed E-state index contributed by atoms with van der Waals surface area (Å²) in [6.07, 6.45) is 0. The molecule has 0 unspecified atom stereocenters. The highest BCUT2D eigenvalue weighted by atomic mass is 32.1. The summed E-state index contributed by atoms with van der Waals surface area (Å²) < 4.78 is 33.2. The first-order chi connectivity index (χ1) is 12.5. The maximum atomic E-state index is 14.2. The van der Waals surface area contributed by atoms with Crippen LogP contribution in [0.5, 0.6) is 0 Å². The molecule has 0 fully saturated rings. The van der Waals surface area contributed by atoms with Gasteiger partial charge in [0.05, 0.1) is 11.2 Å². The summed E-state index contributed by atoms with van der Waals surface area (Å²) in [6.45, 7) is 6.04. The van der Waals surface area contributed by atoms with Gasteiger partial charge in [-0.1, -0.05) is 18.3 Å². The van der Waals surface area contributed by atoms with Crippen molar-refractivity contribution >= 4 is 17.0 Å². The van der Waals surface area contributed by atoms with E-state index in [0.29, 0.717) is 16.3 Å². The fraction of sp³-hybridized carbons (Fsp3) is 0.222. The minimum absolute atomic E-state index is 0.197. The number of hydrogen-bond donors (Lipinski definition) is 0. The Morgan fingerprint density at radius 1 is 1.12 bits per heavy atom. The lowest BCUT2D eigenvalue weighted by atomic mass is 10.1. The molecule has 0 aliphatic rings. The molecule has 0 N–H and O–H groups in total. The van der Waals surface area contributed by atoms with Gasteiger partial charge in [0.25, 0.3) is 0 Å². The van der Waals surface area contributed by atoms with Crippen molar-refractivity contribution in [2.45, 2.75) is 26.7 Å². The predicted octanol–water partition coefficient (Wildman–Crippen LogP) is 4.62. The Balaban J connectivity index is 1.89. The van der Waals surface area contributed by atoms with E-state index >= 15 is 0 Å². The number of halogens is 2. The number of nitrogens with zero attached hydrogens (tertiary/aromatic N) is 5. The van der Waals surface area contributed by atoms with Gasteiger partial charge in [-0.2, -0.15) is 5.10 Å². The average Bonchev–Trinajstić information content (AvgIpc) is 3.20. The van der Waals surface area contributed by atoms with Crippen molar-refractivity contribution in [2.24, 2.45) is 0 Å². The number of aryl methyl sites for hydroxylation is 1. The Labute approximate surface area is 152 Å². The van der Waals surface area contributed by atoms with Crippen molar-refractivity contribution in [3.8, 4) is 21.8 Å². The summed E-state index contributed by atoms with van der Waals surface area (Å²) in [5.74, 6) is -0.258. The number of hydrogen-bond acceptors (Lipinski definition) is 5. The molecule has 0 aliphatic carbocycles. The molecule has 0 atom stereocenters. The number of fused-ring (bicyclic) bond motifs is 1. The quantitative estimate of drug-likeness (QED) is 0.527. The maximum Gasteiger partial charge on any atom is 0.135 e. The smallest absolute Gasteiger partial charge is 0.135 e. The summed E-state index contributed by atoms with van der Waals surface area (Å²) in [6, 6.07) is 7.18. The van der Waals surface area contributed by atoms with Gasteiger partial charge in [0.15, 0.2) is 0 Å². The van der Waals surface area contributed by atoms with Crippen LogP contribution >= 0.6 is 11.5 Å². The van der Waals surface area contributed by atoms with E-state index in [1.165, 1.54) is 12.1 Å². The maximum absolute atomic E-state index is 14.2. The molecule has 3 heterocycles. The minimum Gasteiger partial charge on any atom is -0.236 e. The van der Waals surface area contributed by atoms with Crippen LogP contribution in [0.15, 0.2) is 30.3 Å². The molecule has 0 radical (unpaired) electrons. The zero-order valence-electron chi connectivity index (χ0n) is 14.4.